The zero-order valence-corrected chi connectivity index (χ0v) is 13.6. The van der Waals surface area contributed by atoms with Gasteiger partial charge in [0.15, 0.2) is 11.5 Å². The molecule has 0 spiro atoms. The van der Waals surface area contributed by atoms with E-state index in [2.05, 4.69) is 14.7 Å². The summed E-state index contributed by atoms with van der Waals surface area (Å²) >= 11 is 5.82. The molecule has 0 bridgehead atoms. The van der Waals surface area contributed by atoms with Gasteiger partial charge < -0.3 is 14.8 Å². The molecule has 0 aliphatic carbocycles. The molecule has 1 aromatic heterocycles. The first-order chi connectivity index (χ1) is 12.2. The predicted molar refractivity (Wildman–Crippen MR) is 89.1 cm³/mol. The van der Waals surface area contributed by atoms with Crippen LogP contribution in [0.25, 0.3) is 22.5 Å². The number of halogens is 4. The second kappa shape index (κ2) is 6.72. The number of nitrogens with one attached hydrogen (secondary N) is 1. The third kappa shape index (κ3) is 4.15. The van der Waals surface area contributed by atoms with Crippen LogP contribution in [-0.4, -0.2) is 21.4 Å². The molecule has 5 nitrogen and oxygen atoms in total. The number of benzene rings is 2. The van der Waals surface area contributed by atoms with Crippen molar-refractivity contribution in [2.75, 3.05) is 0 Å². The van der Waals surface area contributed by atoms with Gasteiger partial charge >= 0.3 is 12.1 Å². The number of aromatic amines is 1. The Hall–Kier alpha value is -3.00. The Kier molecular flexibility index (Phi) is 4.60. The minimum Gasteiger partial charge on any atom is -0.504 e. The number of rotatable bonds is 3. The number of H-pyrrole nitrogens is 1. The molecule has 2 aromatic carbocycles. The van der Waals surface area contributed by atoms with Crippen molar-refractivity contribution in [2.45, 2.75) is 6.36 Å². The highest BCUT2D eigenvalue weighted by Gasteiger charge is 2.32. The summed E-state index contributed by atoms with van der Waals surface area (Å²) in [5.74, 6) is -1.46. The maximum atomic E-state index is 12.4. The fraction of sp³-hybridized carbons (Fsp3) is 0.0588. The van der Waals surface area contributed by atoms with E-state index in [-0.39, 0.29) is 11.3 Å². The number of hydrogen-bond acceptors (Lipinski definition) is 4. The average molecular weight is 383 g/mol. The highest BCUT2D eigenvalue weighted by Crippen LogP contribution is 2.35. The van der Waals surface area contributed by atoms with Crippen molar-refractivity contribution in [2.24, 2.45) is 0 Å². The van der Waals surface area contributed by atoms with Crippen LogP contribution in [0.1, 0.15) is 0 Å². The lowest BCUT2D eigenvalue weighted by Gasteiger charge is -2.12. The topological polar surface area (TPSA) is 75.2 Å². The molecule has 1 heterocycles. The van der Waals surface area contributed by atoms with Crippen LogP contribution in [0.2, 0.25) is 5.02 Å². The van der Waals surface area contributed by atoms with Gasteiger partial charge in [-0.25, -0.2) is 4.79 Å². The minimum absolute atomic E-state index is 0.205. The van der Waals surface area contributed by atoms with Gasteiger partial charge in [0.2, 0.25) is 0 Å². The summed E-state index contributed by atoms with van der Waals surface area (Å²) in [6.45, 7) is 0. The molecule has 2 N–H and O–H groups in total. The van der Waals surface area contributed by atoms with Crippen LogP contribution in [0, 0.1) is 0 Å². The molecule has 0 amide bonds. The first kappa shape index (κ1) is 17.8. The third-order valence-corrected chi connectivity index (χ3v) is 3.63. The highest BCUT2D eigenvalue weighted by molar-refractivity contribution is 6.30. The summed E-state index contributed by atoms with van der Waals surface area (Å²) in [6, 6.07) is 11.4. The van der Waals surface area contributed by atoms with E-state index in [4.69, 9.17) is 11.6 Å². The summed E-state index contributed by atoms with van der Waals surface area (Å²) in [6.07, 6.45) is -4.96. The third-order valence-electron chi connectivity index (χ3n) is 3.38. The average Bonchev–Trinajstić information content (AvgIpc) is 2.56. The smallest absolute Gasteiger partial charge is 0.504 e. The maximum absolute atomic E-state index is 12.4. The van der Waals surface area contributed by atoms with Crippen molar-refractivity contribution in [1.82, 2.24) is 9.97 Å². The molecular formula is C17H10ClF3N2O3. The molecule has 0 aliphatic rings. The number of phenolic OH excluding ortho intramolecular Hbond substituents is 1. The van der Waals surface area contributed by atoms with Crippen LogP contribution in [0.4, 0.5) is 13.2 Å². The molecule has 0 atom stereocenters. The fourth-order valence-corrected chi connectivity index (χ4v) is 2.40. The number of nitrogens with zero attached hydrogens (tertiary/aromatic N) is 1. The van der Waals surface area contributed by atoms with Crippen LogP contribution in [0.15, 0.2) is 53.3 Å². The van der Waals surface area contributed by atoms with Gasteiger partial charge in [-0.15, -0.1) is 13.2 Å². The molecule has 26 heavy (non-hydrogen) atoms. The minimum atomic E-state index is -4.96. The number of aromatic hydroxyl groups is 1. The molecule has 0 saturated heterocycles. The number of ether oxygens (including phenoxy) is 1. The van der Waals surface area contributed by atoms with E-state index in [9.17, 15) is 23.1 Å². The van der Waals surface area contributed by atoms with Gasteiger partial charge in [0.05, 0.1) is 11.4 Å². The van der Waals surface area contributed by atoms with Crippen LogP contribution < -0.4 is 10.4 Å². The second-order valence-corrected chi connectivity index (χ2v) is 5.66. The Bertz CT molecular complexity index is 1000. The van der Waals surface area contributed by atoms with Gasteiger partial charge in [-0.3, -0.25) is 0 Å². The van der Waals surface area contributed by atoms with Crippen LogP contribution in [0.3, 0.4) is 0 Å². The highest BCUT2D eigenvalue weighted by atomic mass is 35.5. The summed E-state index contributed by atoms with van der Waals surface area (Å²) in [5.41, 5.74) is 0.650. The van der Waals surface area contributed by atoms with Crippen LogP contribution in [0.5, 0.6) is 11.5 Å². The molecule has 0 radical (unpaired) electrons. The number of alkyl halides is 3. The zero-order valence-electron chi connectivity index (χ0n) is 12.8. The lowest BCUT2D eigenvalue weighted by Crippen LogP contribution is -2.17. The Morgan fingerprint density at radius 3 is 2.35 bits per heavy atom. The van der Waals surface area contributed by atoms with Crippen LogP contribution >= 0.6 is 11.6 Å². The van der Waals surface area contributed by atoms with Gasteiger partial charge in [0.25, 0.3) is 0 Å². The Morgan fingerprint density at radius 1 is 1.04 bits per heavy atom. The predicted octanol–water partition coefficient (Wildman–Crippen LogP) is 4.36. The number of phenols is 1. The van der Waals surface area contributed by atoms with E-state index in [1.54, 1.807) is 24.3 Å². The Morgan fingerprint density at radius 2 is 1.69 bits per heavy atom. The van der Waals surface area contributed by atoms with E-state index in [1.807, 2.05) is 0 Å². The molecule has 134 valence electrons. The van der Waals surface area contributed by atoms with Crippen molar-refractivity contribution in [3.05, 3.63) is 64.0 Å². The fourth-order valence-electron chi connectivity index (χ4n) is 2.27. The Balaban J connectivity index is 2.06. The Labute approximate surface area is 149 Å². The van der Waals surface area contributed by atoms with E-state index < -0.39 is 23.6 Å². The molecule has 0 unspecified atom stereocenters. The lowest BCUT2D eigenvalue weighted by atomic mass is 10.1. The summed E-state index contributed by atoms with van der Waals surface area (Å²) in [7, 11) is 0. The number of hydrogen-bond donors (Lipinski definition) is 2. The van der Waals surface area contributed by atoms with Gasteiger partial charge in [-0.1, -0.05) is 23.7 Å². The largest absolute Gasteiger partial charge is 0.573 e. The molecule has 3 rings (SSSR count). The van der Waals surface area contributed by atoms with E-state index >= 15 is 0 Å². The van der Waals surface area contributed by atoms with E-state index in [0.717, 1.165) is 12.1 Å². The van der Waals surface area contributed by atoms with E-state index in [1.165, 1.54) is 12.1 Å². The lowest BCUT2D eigenvalue weighted by molar-refractivity contribution is -0.275. The quantitative estimate of drug-likeness (QED) is 0.705. The molecule has 0 fully saturated rings. The van der Waals surface area contributed by atoms with Crippen molar-refractivity contribution in [3.63, 3.8) is 0 Å². The molecule has 0 saturated carbocycles. The van der Waals surface area contributed by atoms with Crippen molar-refractivity contribution >= 4 is 11.6 Å². The molecular weight excluding hydrogens is 373 g/mol. The standard InChI is InChI=1S/C17H10ClF3N2O3/c18-11-4-1-9(2-5-11)12-8-13(23-16(25)22-12)10-3-6-14(24)15(7-10)26-17(19,20)21/h1-8,24H,(H,22,23,25). The van der Waals surface area contributed by atoms with Crippen molar-refractivity contribution in [1.29, 1.82) is 0 Å². The van der Waals surface area contributed by atoms with Crippen molar-refractivity contribution < 1.29 is 23.0 Å². The second-order valence-electron chi connectivity index (χ2n) is 5.22. The monoisotopic (exact) mass is 382 g/mol. The maximum Gasteiger partial charge on any atom is 0.573 e. The normalized spacial score (nSPS) is 11.4. The SMILES string of the molecule is O=c1nc(-c2ccc(Cl)cc2)cc(-c2ccc(O)c(OC(F)(F)F)c2)[nH]1. The van der Waals surface area contributed by atoms with Gasteiger partial charge in [-0.2, -0.15) is 4.98 Å². The van der Waals surface area contributed by atoms with Gasteiger partial charge in [0, 0.05) is 16.1 Å². The van der Waals surface area contributed by atoms with E-state index in [0.29, 0.717) is 16.3 Å². The van der Waals surface area contributed by atoms with Crippen LogP contribution in [-0.2, 0) is 0 Å². The van der Waals surface area contributed by atoms with Gasteiger partial charge in [-0.05, 0) is 36.4 Å². The van der Waals surface area contributed by atoms with Gasteiger partial charge in [0.1, 0.15) is 0 Å². The van der Waals surface area contributed by atoms with Crippen molar-refractivity contribution in [3.8, 4) is 34.0 Å². The summed E-state index contributed by atoms with van der Waals surface area (Å²) < 4.78 is 41.1. The summed E-state index contributed by atoms with van der Waals surface area (Å²) in [4.78, 5) is 18.1. The zero-order chi connectivity index (χ0) is 18.9. The first-order valence-electron chi connectivity index (χ1n) is 7.18. The molecule has 0 aliphatic heterocycles. The molecule has 3 aromatic rings. The summed E-state index contributed by atoms with van der Waals surface area (Å²) in [5, 5.41) is 10.0. The number of aromatic nitrogens is 2. The first-order valence-corrected chi connectivity index (χ1v) is 7.55. The molecule has 9 heteroatoms.